The third-order valence-corrected chi connectivity index (χ3v) is 15.1. The maximum Gasteiger partial charge on any atom is 1.00 e. The van der Waals surface area contributed by atoms with Gasteiger partial charge in [0.15, 0.2) is 0 Å². The van der Waals surface area contributed by atoms with Gasteiger partial charge in [0.2, 0.25) is 0 Å². The van der Waals surface area contributed by atoms with E-state index in [9.17, 15) is 62.3 Å². The monoisotopic (exact) mass is 1700 g/mol. The smallest absolute Gasteiger partial charge is 1.00 e. The van der Waals surface area contributed by atoms with Gasteiger partial charge in [-0.2, -0.15) is 47.9 Å². The number of aliphatic hydroxyl groups excluding tert-OH is 4. The molecular weight excluding hydrogens is 1600 g/mol. The molecule has 0 aromatic rings. The third kappa shape index (κ3) is 69.4. The van der Waals surface area contributed by atoms with Crippen molar-refractivity contribution in [3.8, 4) is 0 Å². The fourth-order valence-electron chi connectivity index (χ4n) is 6.60. The Morgan fingerprint density at radius 2 is 0.518 bits per heavy atom. The summed E-state index contributed by atoms with van der Waals surface area (Å²) in [4.78, 5) is 166. The first kappa shape index (κ1) is 118. The van der Waals surface area contributed by atoms with Crippen molar-refractivity contribution in [2.75, 3.05) is 179 Å². The van der Waals surface area contributed by atoms with Crippen LogP contribution in [0.2, 0.25) is 0 Å². The first-order valence-electron chi connectivity index (χ1n) is 31.9. The molecule has 0 aromatic heterocycles. The van der Waals surface area contributed by atoms with Crippen molar-refractivity contribution in [2.45, 2.75) is 33.1 Å². The van der Waals surface area contributed by atoms with Gasteiger partial charge in [-0.1, -0.05) is 59.2 Å². The summed E-state index contributed by atoms with van der Waals surface area (Å²) in [6, 6.07) is 0. The number of hydrogen-bond donors (Lipinski definition) is 5. The number of thioether (sulfide) groups is 3. The van der Waals surface area contributed by atoms with E-state index < -0.39 is 199 Å². The van der Waals surface area contributed by atoms with Crippen LogP contribution in [-0.4, -0.2) is 284 Å². The minimum atomic E-state index is -1.52. The van der Waals surface area contributed by atoms with E-state index in [2.05, 4.69) is 81.5 Å². The van der Waals surface area contributed by atoms with E-state index in [4.69, 9.17) is 96.8 Å². The van der Waals surface area contributed by atoms with Crippen molar-refractivity contribution in [1.82, 2.24) is 0 Å². The SMILES string of the molecule is C=CC(=O)OCC(COCC(COC(=O)C=C)(COC(=O)C=C)COC(=O)C=C)(COC(=O)C=C)COC(=O)C=C.C=CC(=O)OCC(COCC(COC(=O)C=C)(COC(=O)CCSCCO)COC(=O)CCSCCO)(COC(=O)C=C)COC(=O)CCSCCO.CCOC(C)=O.O=CO[O-].OCCS.[H-].[K+].[K+]. The van der Waals surface area contributed by atoms with Gasteiger partial charge in [0, 0.05) is 102 Å². The summed E-state index contributed by atoms with van der Waals surface area (Å²) in [5, 5.41) is 43.2. The van der Waals surface area contributed by atoms with E-state index in [1.165, 1.54) is 42.2 Å². The van der Waals surface area contributed by atoms with Crippen molar-refractivity contribution in [1.29, 1.82) is 0 Å². The summed E-state index contributed by atoms with van der Waals surface area (Å²) >= 11 is 7.66. The molecule has 0 atom stereocenters. The molecule has 4 N–H and O–H groups in total. The molecule has 0 rings (SSSR count). The molecule has 0 amide bonds. The molecule has 0 unspecified atom stereocenters. The molecule has 0 aliphatic heterocycles. The number of ether oxygens (including phenoxy) is 15. The average Bonchev–Trinajstić information content (AvgIpc) is 0.847. The zero-order valence-corrected chi connectivity index (χ0v) is 72.3. The molecule has 0 radical (unpaired) electrons. The Bertz CT molecular complexity index is 2540. The Kier molecular flexibility index (Phi) is 84.5. The van der Waals surface area contributed by atoms with Gasteiger partial charge in [0.25, 0.3) is 6.47 Å². The van der Waals surface area contributed by atoms with Crippen LogP contribution in [0.5, 0.6) is 0 Å². The molecule has 0 fully saturated rings. The van der Waals surface area contributed by atoms with Crippen molar-refractivity contribution < 1.29 is 273 Å². The van der Waals surface area contributed by atoms with E-state index in [1.54, 1.807) is 6.92 Å². The number of carbonyl (C=O) groups excluding carboxylic acids is 14. The maximum atomic E-state index is 12.7. The van der Waals surface area contributed by atoms with Crippen LogP contribution in [-0.2, 0) is 143 Å². The number of carbonyl (C=O) groups is 14. The Morgan fingerprint density at radius 1 is 0.345 bits per heavy atom. The molecule has 0 saturated heterocycles. The predicted octanol–water partition coefficient (Wildman–Crippen LogP) is -4.48. The zero-order chi connectivity index (χ0) is 82.9. The quantitative estimate of drug-likeness (QED) is 0.00441. The molecule has 614 valence electrons. The Morgan fingerprint density at radius 3 is 0.636 bits per heavy atom. The van der Waals surface area contributed by atoms with Gasteiger partial charge in [0.05, 0.1) is 100 Å². The largest absolute Gasteiger partial charge is 1.00 e. The summed E-state index contributed by atoms with van der Waals surface area (Å²) in [6.45, 7) is 26.0. The van der Waals surface area contributed by atoms with Gasteiger partial charge < -0.3 is 103 Å². The second-order valence-electron chi connectivity index (χ2n) is 21.1. The van der Waals surface area contributed by atoms with Crippen LogP contribution >= 0.6 is 47.9 Å². The maximum absolute atomic E-state index is 12.7. The molecule has 0 saturated carbocycles. The van der Waals surface area contributed by atoms with E-state index >= 15 is 0 Å². The van der Waals surface area contributed by atoms with E-state index in [-0.39, 0.29) is 162 Å². The number of hydrogen-bond acceptors (Lipinski definition) is 39. The molecule has 0 bridgehead atoms. The number of thiol groups is 1. The summed E-state index contributed by atoms with van der Waals surface area (Å²) in [7, 11) is 0. The topological polar surface area (TPSA) is 491 Å². The standard InChI is InChI=1S/C34H52O16S3.C28H34O13.C4H8O2.C2H6OS.CH2O3.2K.H/c1-4-27(38)45-21-33(22-46-28(39)5-2,24-48-30(41)7-13-51-16-10-35)19-44-20-34(23-47-29(40)6-3,25-49-31(42)8-14-52-17-11-36)26-50-32(43)9-15-53-18-12-37;1-7-21(29)36-15-27(16-37-22(30)8-2,17-38-23(31)9-3)13-35-14-28(18-39-24(32)10-4,19-40-25(33)11-5)20-41-26(34)12-6;1-3-6-4(2)5;3-1-2-4;2-1-4-3;;;/h4-6,35-37H,1-3,7-26H2;7-12H,1-6,13-20H2;3H2,1-2H3;3-4H,1-2H2;1,3H;;;/q;;;;;2*+1;-1/p-1. The van der Waals surface area contributed by atoms with E-state index in [0.29, 0.717) is 46.9 Å². The number of rotatable bonds is 59. The number of aliphatic hydroxyl groups is 4. The van der Waals surface area contributed by atoms with Crippen LogP contribution in [0.25, 0.3) is 0 Å². The van der Waals surface area contributed by atoms with Crippen LogP contribution in [0.4, 0.5) is 0 Å². The van der Waals surface area contributed by atoms with Gasteiger partial charge in [-0.3, -0.25) is 24.0 Å². The molecule has 0 aliphatic carbocycles. The predicted molar refractivity (Wildman–Crippen MR) is 393 cm³/mol. The van der Waals surface area contributed by atoms with Gasteiger partial charge in [-0.25, -0.2) is 43.2 Å². The van der Waals surface area contributed by atoms with Crippen molar-refractivity contribution in [3.63, 3.8) is 0 Å². The van der Waals surface area contributed by atoms with E-state index in [1.807, 2.05) is 0 Å². The molecule has 0 heterocycles. The van der Waals surface area contributed by atoms with Crippen LogP contribution < -0.4 is 108 Å². The fourth-order valence-corrected chi connectivity index (χ4v) is 8.54. The normalized spacial score (nSPS) is 10.2. The molecular formula is C69H102K2O35S4. The van der Waals surface area contributed by atoms with Crippen LogP contribution in [0.15, 0.2) is 114 Å². The van der Waals surface area contributed by atoms with Crippen molar-refractivity contribution in [2.24, 2.45) is 21.7 Å². The minimum absolute atomic E-state index is 0. The van der Waals surface area contributed by atoms with Gasteiger partial charge >= 0.3 is 180 Å². The van der Waals surface area contributed by atoms with Crippen molar-refractivity contribution in [3.05, 3.63) is 114 Å². The van der Waals surface area contributed by atoms with Gasteiger partial charge in [0.1, 0.15) is 79.3 Å². The summed E-state index contributed by atoms with van der Waals surface area (Å²) in [5.41, 5.74) is -6.01. The summed E-state index contributed by atoms with van der Waals surface area (Å²) < 4.78 is 79.6. The van der Waals surface area contributed by atoms with Gasteiger partial charge in [-0.05, 0) is 6.92 Å². The first-order chi connectivity index (χ1) is 51.5. The van der Waals surface area contributed by atoms with Crippen LogP contribution in [0.1, 0.15) is 34.5 Å². The zero-order valence-electron chi connectivity index (χ0n) is 63.7. The molecule has 41 heteroatoms. The Labute approximate surface area is 744 Å². The minimum Gasteiger partial charge on any atom is -1.00 e. The second-order valence-corrected chi connectivity index (χ2v) is 25.2. The van der Waals surface area contributed by atoms with Crippen molar-refractivity contribution >= 4 is 132 Å². The summed E-state index contributed by atoms with van der Waals surface area (Å²) in [6.07, 6.45) is 7.96. The molecule has 0 aliphatic rings. The Hall–Kier alpha value is -5.37. The number of esters is 13. The molecule has 110 heavy (non-hydrogen) atoms. The second kappa shape index (κ2) is 78.9. The van der Waals surface area contributed by atoms with Crippen LogP contribution in [0, 0.1) is 21.7 Å². The van der Waals surface area contributed by atoms with E-state index in [0.717, 1.165) is 54.7 Å². The van der Waals surface area contributed by atoms with Gasteiger partial charge in [-0.15, -0.1) is 0 Å². The molecule has 35 nitrogen and oxygen atoms in total. The van der Waals surface area contributed by atoms with Crippen LogP contribution in [0.3, 0.4) is 0 Å². The summed E-state index contributed by atoms with van der Waals surface area (Å²) in [5.74, 6) is -6.76. The molecule has 0 aromatic carbocycles. The molecule has 0 spiro atoms. The Balaban J connectivity index is -0.000000270. The average molecular weight is 1700 g/mol. The third-order valence-electron chi connectivity index (χ3n) is 12.0. The first-order valence-corrected chi connectivity index (χ1v) is 36.0. The fraction of sp³-hybridized carbons (Fsp3) is 0.536.